The van der Waals surface area contributed by atoms with Gasteiger partial charge in [0.05, 0.1) is 30.1 Å². The fourth-order valence-corrected chi connectivity index (χ4v) is 4.48. The highest BCUT2D eigenvalue weighted by molar-refractivity contribution is 5.70. The predicted molar refractivity (Wildman–Crippen MR) is 144 cm³/mol. The summed E-state index contributed by atoms with van der Waals surface area (Å²) in [6.45, 7) is 6.88. The highest BCUT2D eigenvalue weighted by Gasteiger charge is 2.34. The Hall–Kier alpha value is -2.94. The first-order valence-electron chi connectivity index (χ1n) is 13.0. The van der Waals surface area contributed by atoms with Crippen LogP contribution in [0.3, 0.4) is 0 Å². The van der Waals surface area contributed by atoms with Gasteiger partial charge in [0.25, 0.3) is 0 Å². The number of hydrogen-bond acceptors (Lipinski definition) is 7. The van der Waals surface area contributed by atoms with E-state index in [1.165, 1.54) is 0 Å². The first-order chi connectivity index (χ1) is 17.7. The Kier molecular flexibility index (Phi) is 11.3. The lowest BCUT2D eigenvalue weighted by Gasteiger charge is -2.32. The Morgan fingerprint density at radius 2 is 1.89 bits per heavy atom. The number of rotatable bonds is 8. The molecule has 210 valence electrons. The van der Waals surface area contributed by atoms with E-state index in [0.717, 1.165) is 5.56 Å². The summed E-state index contributed by atoms with van der Waals surface area (Å²) < 4.78 is 5.72. The molecule has 38 heavy (non-hydrogen) atoms. The zero-order valence-corrected chi connectivity index (χ0v) is 22.7. The molecule has 1 aliphatic rings. The lowest BCUT2D eigenvalue weighted by Crippen LogP contribution is -2.37. The van der Waals surface area contributed by atoms with Crippen molar-refractivity contribution in [1.82, 2.24) is 0 Å². The summed E-state index contributed by atoms with van der Waals surface area (Å²) in [6.07, 6.45) is 7.67. The van der Waals surface area contributed by atoms with E-state index in [0.29, 0.717) is 18.4 Å². The van der Waals surface area contributed by atoms with Gasteiger partial charge in [0.1, 0.15) is 11.9 Å². The number of aliphatic hydroxyl groups is 3. The van der Waals surface area contributed by atoms with Crippen LogP contribution in [-0.2, 0) is 20.7 Å². The Labute approximate surface area is 225 Å². The Balaban J connectivity index is 2.21. The maximum Gasteiger partial charge on any atom is 0.309 e. The smallest absolute Gasteiger partial charge is 0.309 e. The molecule has 0 saturated heterocycles. The molecule has 0 saturated carbocycles. The van der Waals surface area contributed by atoms with E-state index < -0.39 is 41.3 Å². The van der Waals surface area contributed by atoms with Gasteiger partial charge in [-0.05, 0) is 69.7 Å². The lowest BCUT2D eigenvalue weighted by atomic mass is 9.80. The van der Waals surface area contributed by atoms with E-state index in [9.17, 15) is 35.1 Å². The first-order valence-corrected chi connectivity index (χ1v) is 13.0. The molecule has 0 fully saturated rings. The van der Waals surface area contributed by atoms with E-state index in [1.807, 2.05) is 19.1 Å². The largest absolute Gasteiger partial charge is 0.508 e. The number of hydrogen-bond donors (Lipinski definition) is 5. The van der Waals surface area contributed by atoms with Crippen molar-refractivity contribution < 1.29 is 39.9 Å². The number of esters is 1. The van der Waals surface area contributed by atoms with Crippen molar-refractivity contribution in [2.45, 2.75) is 89.6 Å². The van der Waals surface area contributed by atoms with Crippen molar-refractivity contribution in [3.05, 3.63) is 65.8 Å². The molecular formula is C30H42O8. The van der Waals surface area contributed by atoms with Crippen LogP contribution in [-0.4, -0.2) is 60.9 Å². The number of phenolic OH excluding ortho intramolecular Hbond substituents is 1. The molecule has 1 unspecified atom stereocenters. The number of phenols is 1. The molecule has 8 nitrogen and oxygen atoms in total. The van der Waals surface area contributed by atoms with Crippen molar-refractivity contribution in [1.29, 1.82) is 0 Å². The van der Waals surface area contributed by atoms with Crippen molar-refractivity contribution in [3.8, 4) is 5.75 Å². The Morgan fingerprint density at radius 1 is 1.24 bits per heavy atom. The van der Waals surface area contributed by atoms with Crippen LogP contribution in [0.4, 0.5) is 0 Å². The second kappa shape index (κ2) is 13.7. The Morgan fingerprint density at radius 3 is 2.53 bits per heavy atom. The van der Waals surface area contributed by atoms with Crippen molar-refractivity contribution in [2.75, 3.05) is 0 Å². The molecule has 0 aromatic heterocycles. The molecule has 1 aliphatic heterocycles. The van der Waals surface area contributed by atoms with Gasteiger partial charge in [0.2, 0.25) is 0 Å². The number of benzene rings is 1. The standard InChI is InChI=1S/C30H42O8/c1-20(6-5-15-29(3,36)16-13-22-8-11-24(31)12-9-22)28-21(2)7-10-23(18-26(33)34)30(4,37)17-14-25(32)19-27(35)38-28/h5-12,15,21,23,25,28,31-32,36-37H,13-14,16-19H2,1-4H3,(H,33,34)/b10-7+,15-5+,20-6+/t21-,23+,25+,28+,29?,30+/m0/s1. The number of aliphatic hydroxyl groups excluding tert-OH is 1. The third-order valence-electron chi connectivity index (χ3n) is 7.08. The van der Waals surface area contributed by atoms with E-state index in [2.05, 4.69) is 0 Å². The van der Waals surface area contributed by atoms with Crippen LogP contribution >= 0.6 is 0 Å². The van der Waals surface area contributed by atoms with Gasteiger partial charge in [-0.3, -0.25) is 9.59 Å². The number of ether oxygens (including phenoxy) is 1. The van der Waals surface area contributed by atoms with Crippen LogP contribution in [0.25, 0.3) is 0 Å². The predicted octanol–water partition coefficient (Wildman–Crippen LogP) is 4.07. The van der Waals surface area contributed by atoms with Crippen LogP contribution in [0.2, 0.25) is 0 Å². The fraction of sp³-hybridized carbons (Fsp3) is 0.533. The summed E-state index contributed by atoms with van der Waals surface area (Å²) in [7, 11) is 0. The summed E-state index contributed by atoms with van der Waals surface area (Å²) in [5, 5.41) is 50.8. The maximum atomic E-state index is 12.6. The average Bonchev–Trinajstić information content (AvgIpc) is 2.82. The molecule has 1 heterocycles. The van der Waals surface area contributed by atoms with Crippen LogP contribution in [0.15, 0.2) is 60.2 Å². The number of carboxylic acids is 1. The fourth-order valence-electron chi connectivity index (χ4n) is 4.48. The highest BCUT2D eigenvalue weighted by atomic mass is 16.5. The second-order valence-electron chi connectivity index (χ2n) is 10.9. The molecular weight excluding hydrogens is 488 g/mol. The molecule has 1 aromatic carbocycles. The van der Waals surface area contributed by atoms with Gasteiger partial charge >= 0.3 is 11.9 Å². The van der Waals surface area contributed by atoms with Crippen LogP contribution in [0, 0.1) is 11.8 Å². The number of cyclic esters (lactones) is 1. The van der Waals surface area contributed by atoms with E-state index >= 15 is 0 Å². The molecule has 0 amide bonds. The topological polar surface area (TPSA) is 145 Å². The van der Waals surface area contributed by atoms with Gasteiger partial charge in [-0.15, -0.1) is 0 Å². The van der Waals surface area contributed by atoms with Crippen molar-refractivity contribution in [3.63, 3.8) is 0 Å². The van der Waals surface area contributed by atoms with Gasteiger partial charge in [-0.2, -0.15) is 0 Å². The average molecular weight is 531 g/mol. The van der Waals surface area contributed by atoms with Crippen LogP contribution < -0.4 is 0 Å². The zero-order chi connectivity index (χ0) is 28.5. The first kappa shape index (κ1) is 31.3. The van der Waals surface area contributed by atoms with Crippen molar-refractivity contribution >= 4 is 11.9 Å². The lowest BCUT2D eigenvalue weighted by molar-refractivity contribution is -0.151. The molecule has 5 N–H and O–H groups in total. The SMILES string of the molecule is C/C(=C\C=C\C(C)(O)CCc1ccc(O)cc1)[C@H]1OC(=O)C[C@H](O)CC[C@@](C)(O)[C@@H](CC(=O)O)/C=C/[C@@H]1C. The van der Waals surface area contributed by atoms with Crippen molar-refractivity contribution in [2.24, 2.45) is 11.8 Å². The molecule has 6 atom stereocenters. The number of carbonyl (C=O) groups excluding carboxylic acids is 1. The summed E-state index contributed by atoms with van der Waals surface area (Å²) in [4.78, 5) is 24.0. The summed E-state index contributed by atoms with van der Waals surface area (Å²) >= 11 is 0. The van der Waals surface area contributed by atoms with Gasteiger partial charge in [-0.25, -0.2) is 0 Å². The number of aliphatic carboxylic acids is 1. The molecule has 8 heteroatoms. The number of allylic oxidation sites excluding steroid dienone is 2. The number of aryl methyl sites for hydroxylation is 1. The maximum absolute atomic E-state index is 12.6. The highest BCUT2D eigenvalue weighted by Crippen LogP contribution is 2.30. The molecule has 1 aromatic rings. The monoisotopic (exact) mass is 530 g/mol. The van der Waals surface area contributed by atoms with Crippen LogP contribution in [0.5, 0.6) is 5.75 Å². The number of aromatic hydroxyl groups is 1. The molecule has 2 rings (SSSR count). The minimum absolute atomic E-state index is 0.128. The minimum atomic E-state index is -1.37. The molecule has 0 bridgehead atoms. The van der Waals surface area contributed by atoms with Gasteiger partial charge in [0, 0.05) is 11.8 Å². The summed E-state index contributed by atoms with van der Waals surface area (Å²) in [5.41, 5.74) is -0.767. The number of carbonyl (C=O) groups is 2. The molecule has 0 aliphatic carbocycles. The van der Waals surface area contributed by atoms with Gasteiger partial charge in [-0.1, -0.05) is 49.4 Å². The normalized spacial score (nSPS) is 30.1. The minimum Gasteiger partial charge on any atom is -0.508 e. The summed E-state index contributed by atoms with van der Waals surface area (Å²) in [6, 6.07) is 6.83. The van der Waals surface area contributed by atoms with E-state index in [1.54, 1.807) is 63.3 Å². The quantitative estimate of drug-likeness (QED) is 0.192. The Bertz CT molecular complexity index is 1020. The van der Waals surface area contributed by atoms with E-state index in [4.69, 9.17) is 4.74 Å². The van der Waals surface area contributed by atoms with Gasteiger partial charge < -0.3 is 30.3 Å². The third kappa shape index (κ3) is 10.4. The summed E-state index contributed by atoms with van der Waals surface area (Å²) in [5.74, 6) is -2.44. The third-order valence-corrected chi connectivity index (χ3v) is 7.08. The van der Waals surface area contributed by atoms with Gasteiger partial charge in [0.15, 0.2) is 0 Å². The molecule has 0 radical (unpaired) electrons. The number of carboxylic acid groups (broad SMARTS) is 1. The van der Waals surface area contributed by atoms with E-state index in [-0.39, 0.29) is 37.4 Å². The zero-order valence-electron chi connectivity index (χ0n) is 22.7. The van der Waals surface area contributed by atoms with Crippen LogP contribution in [0.1, 0.15) is 65.4 Å². The molecule has 0 spiro atoms. The second-order valence-corrected chi connectivity index (χ2v) is 10.9.